The number of ether oxygens (including phenoxy) is 5. The quantitative estimate of drug-likeness (QED) is 0.230. The molecule has 3 aromatic heterocycles. The molecule has 1 saturated heterocycles. The van der Waals surface area contributed by atoms with Gasteiger partial charge in [0.25, 0.3) is 0 Å². The van der Waals surface area contributed by atoms with Gasteiger partial charge < -0.3 is 23.7 Å². The first-order valence-corrected chi connectivity index (χ1v) is 19.5. The van der Waals surface area contributed by atoms with Crippen LogP contribution < -0.4 is 5.14 Å². The minimum Gasteiger partial charge on any atom is -0.381 e. The molecule has 16 heteroatoms. The van der Waals surface area contributed by atoms with Crippen molar-refractivity contribution in [1.82, 2.24) is 19.3 Å². The normalized spacial score (nSPS) is 13.1. The molecule has 52 heavy (non-hydrogen) atoms. The third-order valence-corrected chi connectivity index (χ3v) is 9.11. The van der Waals surface area contributed by atoms with E-state index in [1.165, 1.54) is 22.7 Å². The van der Waals surface area contributed by atoms with Crippen molar-refractivity contribution in [2.75, 3.05) is 54.9 Å². The summed E-state index contributed by atoms with van der Waals surface area (Å²) in [6.07, 6.45) is 11.9. The van der Waals surface area contributed by atoms with Crippen LogP contribution >= 0.6 is 0 Å². The van der Waals surface area contributed by atoms with Gasteiger partial charge in [-0.05, 0) is 72.0 Å². The summed E-state index contributed by atoms with van der Waals surface area (Å²) >= 11 is 0. The number of hydrogen-bond donors (Lipinski definition) is 1. The minimum absolute atomic E-state index is 0.118. The van der Waals surface area contributed by atoms with Gasteiger partial charge in [-0.25, -0.2) is 26.3 Å². The van der Waals surface area contributed by atoms with Gasteiger partial charge >= 0.3 is 0 Å². The van der Waals surface area contributed by atoms with Crippen molar-refractivity contribution in [1.29, 1.82) is 0 Å². The molecule has 0 aliphatic carbocycles. The van der Waals surface area contributed by atoms with Crippen molar-refractivity contribution in [2.45, 2.75) is 50.3 Å². The van der Waals surface area contributed by atoms with Gasteiger partial charge in [0, 0.05) is 79.6 Å². The molecule has 0 radical (unpaired) electrons. The highest BCUT2D eigenvalue weighted by atomic mass is 32.2. The number of rotatable bonds is 11. The van der Waals surface area contributed by atoms with Gasteiger partial charge in [0.05, 0.1) is 49.4 Å². The lowest BCUT2D eigenvalue weighted by molar-refractivity contribution is 0.0606. The standard InChI is InChI=1S/C8H11NO3S.C7H15NO3S.3C7H9NO/c1-12-6-7-2-4-8(5-3-7)13(9,10)11;1-11-7-3-5-8(6-4-7)12(2,9)10;1-9-6-7-2-4-8-5-3-7;1-9-6-7-3-2-4-8-5-7;1-9-6-7-4-2-3-5-8-7/h2-5H,6H2,1H3,(H2,9,10,11);7H,3-6H2,1-2H3;3*2-5H,6H2,1H3. The minimum atomic E-state index is -3.58. The fraction of sp³-hybridized carbons (Fsp3) is 0.417. The Balaban J connectivity index is 0.000000328. The van der Waals surface area contributed by atoms with Gasteiger partial charge in [-0.2, -0.15) is 0 Å². The van der Waals surface area contributed by atoms with E-state index in [2.05, 4.69) is 15.0 Å². The second-order valence-electron chi connectivity index (χ2n) is 11.1. The summed E-state index contributed by atoms with van der Waals surface area (Å²) in [5.74, 6) is 0. The van der Waals surface area contributed by atoms with Crippen LogP contribution in [-0.2, 0) is 70.2 Å². The van der Waals surface area contributed by atoms with E-state index in [1.54, 1.807) is 78.7 Å². The first kappa shape index (κ1) is 46.3. The summed E-state index contributed by atoms with van der Waals surface area (Å²) < 4.78 is 70.0. The van der Waals surface area contributed by atoms with E-state index in [4.69, 9.17) is 28.8 Å². The van der Waals surface area contributed by atoms with Crippen molar-refractivity contribution >= 4 is 20.0 Å². The van der Waals surface area contributed by atoms with Crippen LogP contribution in [0.1, 0.15) is 35.2 Å². The third-order valence-electron chi connectivity index (χ3n) is 6.88. The molecule has 14 nitrogen and oxygen atoms in total. The first-order valence-electron chi connectivity index (χ1n) is 16.1. The molecule has 2 N–H and O–H groups in total. The maximum absolute atomic E-state index is 11.1. The Bertz CT molecular complexity index is 1570. The molecule has 0 spiro atoms. The van der Waals surface area contributed by atoms with Crippen LogP contribution in [-0.4, -0.2) is 97.1 Å². The van der Waals surface area contributed by atoms with Crippen molar-refractivity contribution in [3.63, 3.8) is 0 Å². The molecule has 1 aromatic carbocycles. The van der Waals surface area contributed by atoms with Gasteiger partial charge in [-0.1, -0.05) is 24.3 Å². The van der Waals surface area contributed by atoms with Crippen LogP contribution in [0.3, 0.4) is 0 Å². The molecule has 0 atom stereocenters. The number of piperidine rings is 1. The van der Waals surface area contributed by atoms with Crippen LogP contribution in [0.5, 0.6) is 0 Å². The van der Waals surface area contributed by atoms with Gasteiger partial charge in [0.2, 0.25) is 20.0 Å². The topological polar surface area (TPSA) is 182 Å². The third kappa shape index (κ3) is 21.6. The Morgan fingerprint density at radius 3 is 1.65 bits per heavy atom. The smallest absolute Gasteiger partial charge is 0.238 e. The fourth-order valence-corrected chi connectivity index (χ4v) is 5.66. The monoisotopic (exact) mass is 763 g/mol. The molecular weight excluding hydrogens is 711 g/mol. The molecule has 1 aliphatic rings. The van der Waals surface area contributed by atoms with E-state index in [-0.39, 0.29) is 11.0 Å². The second-order valence-corrected chi connectivity index (χ2v) is 14.6. The van der Waals surface area contributed by atoms with Crippen molar-refractivity contribution in [2.24, 2.45) is 5.14 Å². The van der Waals surface area contributed by atoms with E-state index in [0.717, 1.165) is 35.2 Å². The molecule has 1 fully saturated rings. The predicted molar refractivity (Wildman–Crippen MR) is 200 cm³/mol. The summed E-state index contributed by atoms with van der Waals surface area (Å²) in [7, 11) is 1.71. The molecule has 4 heterocycles. The SMILES string of the molecule is COC1CCN(S(C)(=O)=O)CC1.COCc1ccc(S(N)(=O)=O)cc1.COCc1ccccn1.COCc1cccnc1.COCc1ccncc1. The Morgan fingerprint density at radius 2 is 1.21 bits per heavy atom. The molecule has 4 aromatic rings. The Kier molecular flexibility index (Phi) is 24.0. The van der Waals surface area contributed by atoms with Crippen LogP contribution in [0.15, 0.2) is 103 Å². The van der Waals surface area contributed by atoms with Crippen LogP contribution in [0.25, 0.3) is 0 Å². The number of pyridine rings is 3. The molecule has 288 valence electrons. The van der Waals surface area contributed by atoms with Crippen molar-refractivity contribution < 1.29 is 40.5 Å². The Morgan fingerprint density at radius 1 is 0.654 bits per heavy atom. The average Bonchev–Trinajstić information content (AvgIpc) is 3.14. The highest BCUT2D eigenvalue weighted by molar-refractivity contribution is 7.89. The van der Waals surface area contributed by atoms with Crippen LogP contribution in [0, 0.1) is 0 Å². The molecule has 0 saturated carbocycles. The lowest BCUT2D eigenvalue weighted by Gasteiger charge is -2.29. The summed E-state index contributed by atoms with van der Waals surface area (Å²) in [6.45, 7) is 3.57. The number of benzene rings is 1. The zero-order chi connectivity index (χ0) is 38.7. The molecule has 5 rings (SSSR count). The Hall–Kier alpha value is -3.71. The molecule has 0 bridgehead atoms. The Labute approximate surface area is 309 Å². The molecule has 1 aliphatic heterocycles. The summed E-state index contributed by atoms with van der Waals surface area (Å²) in [4.78, 5) is 12.0. The van der Waals surface area contributed by atoms with E-state index >= 15 is 0 Å². The zero-order valence-electron chi connectivity index (χ0n) is 30.8. The molecule has 0 unspecified atom stereocenters. The van der Waals surface area contributed by atoms with Gasteiger partial charge in [0.1, 0.15) is 0 Å². The first-order chi connectivity index (χ1) is 24.9. The number of methoxy groups -OCH3 is 5. The molecule has 0 amide bonds. The maximum atomic E-state index is 11.1. The summed E-state index contributed by atoms with van der Waals surface area (Å²) in [5.41, 5.74) is 4.16. The largest absolute Gasteiger partial charge is 0.381 e. The average molecular weight is 764 g/mol. The van der Waals surface area contributed by atoms with Gasteiger partial charge in [0.15, 0.2) is 0 Å². The second kappa shape index (κ2) is 27.0. The van der Waals surface area contributed by atoms with E-state index < -0.39 is 20.0 Å². The van der Waals surface area contributed by atoms with E-state index in [1.807, 2.05) is 42.5 Å². The van der Waals surface area contributed by atoms with E-state index in [9.17, 15) is 16.8 Å². The van der Waals surface area contributed by atoms with Crippen molar-refractivity contribution in [3.8, 4) is 0 Å². The summed E-state index contributed by atoms with van der Waals surface area (Å²) in [5, 5.41) is 4.92. The number of sulfonamides is 2. The highest BCUT2D eigenvalue weighted by Crippen LogP contribution is 2.15. The number of nitrogens with two attached hydrogens (primary N) is 1. The lowest BCUT2D eigenvalue weighted by Crippen LogP contribution is -2.39. The summed E-state index contributed by atoms with van der Waals surface area (Å²) in [6, 6.07) is 19.8. The lowest BCUT2D eigenvalue weighted by atomic mass is 10.1. The predicted octanol–water partition coefficient (Wildman–Crippen LogP) is 4.22. The van der Waals surface area contributed by atoms with Crippen molar-refractivity contribution in [3.05, 3.63) is 120 Å². The van der Waals surface area contributed by atoms with Gasteiger partial charge in [-0.3, -0.25) is 15.0 Å². The van der Waals surface area contributed by atoms with Crippen LogP contribution in [0.4, 0.5) is 0 Å². The number of hydrogen-bond acceptors (Lipinski definition) is 12. The van der Waals surface area contributed by atoms with Crippen LogP contribution in [0.2, 0.25) is 0 Å². The van der Waals surface area contributed by atoms with Gasteiger partial charge in [-0.15, -0.1) is 0 Å². The zero-order valence-corrected chi connectivity index (χ0v) is 32.5. The maximum Gasteiger partial charge on any atom is 0.238 e. The number of aromatic nitrogens is 3. The number of primary sulfonamides is 1. The highest BCUT2D eigenvalue weighted by Gasteiger charge is 2.24. The molecular formula is C36H53N5O9S2. The fourth-order valence-electron chi connectivity index (χ4n) is 4.27. The number of nitrogens with zero attached hydrogens (tertiary/aromatic N) is 4. The van der Waals surface area contributed by atoms with E-state index in [0.29, 0.717) is 39.5 Å².